The van der Waals surface area contributed by atoms with E-state index in [0.29, 0.717) is 12.8 Å². The van der Waals surface area contributed by atoms with Crippen molar-refractivity contribution in [3.63, 3.8) is 0 Å². The van der Waals surface area contributed by atoms with Crippen LogP contribution in [-0.2, 0) is 4.79 Å². The molecule has 0 bridgehead atoms. The standard InChI is InChI=1S/C10H17NO2/c1-7(5-8(2)12)11-9-3-4-10(13)6-9/h6-8,11-12H,3-5H2,1-2H3. The summed E-state index contributed by atoms with van der Waals surface area (Å²) in [7, 11) is 0. The first-order valence-electron chi connectivity index (χ1n) is 4.76. The van der Waals surface area contributed by atoms with Gasteiger partial charge in [-0.15, -0.1) is 0 Å². The molecule has 0 aliphatic heterocycles. The number of carbonyl (C=O) groups is 1. The summed E-state index contributed by atoms with van der Waals surface area (Å²) in [4.78, 5) is 10.9. The monoisotopic (exact) mass is 183 g/mol. The summed E-state index contributed by atoms with van der Waals surface area (Å²) in [6.45, 7) is 3.78. The first-order valence-corrected chi connectivity index (χ1v) is 4.76. The fourth-order valence-electron chi connectivity index (χ4n) is 1.60. The normalized spacial score (nSPS) is 21.2. The van der Waals surface area contributed by atoms with Crippen molar-refractivity contribution in [2.45, 2.75) is 45.3 Å². The van der Waals surface area contributed by atoms with Gasteiger partial charge in [-0.25, -0.2) is 0 Å². The number of rotatable bonds is 4. The van der Waals surface area contributed by atoms with Gasteiger partial charge >= 0.3 is 0 Å². The number of carbonyl (C=O) groups excluding carboxylic acids is 1. The van der Waals surface area contributed by atoms with Gasteiger partial charge in [0.1, 0.15) is 0 Å². The molecule has 0 saturated heterocycles. The van der Waals surface area contributed by atoms with Gasteiger partial charge in [-0.3, -0.25) is 4.79 Å². The van der Waals surface area contributed by atoms with E-state index in [2.05, 4.69) is 5.32 Å². The van der Waals surface area contributed by atoms with Gasteiger partial charge in [0.15, 0.2) is 5.78 Å². The van der Waals surface area contributed by atoms with E-state index in [1.165, 1.54) is 0 Å². The van der Waals surface area contributed by atoms with Crippen LogP contribution in [0.15, 0.2) is 11.8 Å². The Balaban J connectivity index is 2.32. The summed E-state index contributed by atoms with van der Waals surface area (Å²) in [6.07, 6.45) is 3.54. The molecule has 3 heteroatoms. The quantitative estimate of drug-likeness (QED) is 0.683. The molecule has 0 radical (unpaired) electrons. The van der Waals surface area contributed by atoms with Crippen molar-refractivity contribution >= 4 is 5.78 Å². The topological polar surface area (TPSA) is 49.3 Å². The van der Waals surface area contributed by atoms with E-state index in [1.54, 1.807) is 13.0 Å². The molecule has 0 aromatic rings. The zero-order valence-electron chi connectivity index (χ0n) is 8.21. The van der Waals surface area contributed by atoms with Crippen molar-refractivity contribution in [2.24, 2.45) is 0 Å². The Morgan fingerprint density at radius 1 is 1.54 bits per heavy atom. The third-order valence-electron chi connectivity index (χ3n) is 2.10. The van der Waals surface area contributed by atoms with Crippen molar-refractivity contribution in [1.82, 2.24) is 5.32 Å². The SMILES string of the molecule is CC(O)CC(C)NC1=CC(=O)CC1. The highest BCUT2D eigenvalue weighted by molar-refractivity contribution is 5.92. The van der Waals surface area contributed by atoms with Gasteiger partial charge in [-0.2, -0.15) is 0 Å². The number of hydrogen-bond acceptors (Lipinski definition) is 3. The molecule has 0 saturated carbocycles. The summed E-state index contributed by atoms with van der Waals surface area (Å²) >= 11 is 0. The molecule has 13 heavy (non-hydrogen) atoms. The van der Waals surface area contributed by atoms with Crippen molar-refractivity contribution in [3.05, 3.63) is 11.8 Å². The van der Waals surface area contributed by atoms with Crippen LogP contribution in [0.2, 0.25) is 0 Å². The van der Waals surface area contributed by atoms with Crippen LogP contribution >= 0.6 is 0 Å². The lowest BCUT2D eigenvalue weighted by Gasteiger charge is -2.16. The fraction of sp³-hybridized carbons (Fsp3) is 0.700. The summed E-state index contributed by atoms with van der Waals surface area (Å²) in [5.41, 5.74) is 1.01. The third-order valence-corrected chi connectivity index (χ3v) is 2.10. The second kappa shape index (κ2) is 4.42. The fourth-order valence-corrected chi connectivity index (χ4v) is 1.60. The Kier molecular flexibility index (Phi) is 3.48. The lowest BCUT2D eigenvalue weighted by atomic mass is 10.1. The summed E-state index contributed by atoms with van der Waals surface area (Å²) < 4.78 is 0. The summed E-state index contributed by atoms with van der Waals surface area (Å²) in [6, 6.07) is 0.233. The van der Waals surface area contributed by atoms with Crippen LogP contribution in [0.25, 0.3) is 0 Å². The molecule has 0 spiro atoms. The van der Waals surface area contributed by atoms with Crippen molar-refractivity contribution < 1.29 is 9.90 Å². The zero-order valence-corrected chi connectivity index (χ0v) is 8.21. The van der Waals surface area contributed by atoms with Gasteiger partial charge in [-0.1, -0.05) is 0 Å². The molecule has 1 aliphatic rings. The number of ketones is 1. The minimum absolute atomic E-state index is 0.201. The van der Waals surface area contributed by atoms with Crippen LogP contribution in [0, 0.1) is 0 Å². The number of aliphatic hydroxyl groups excluding tert-OH is 1. The predicted molar refractivity (Wildman–Crippen MR) is 51.2 cm³/mol. The summed E-state index contributed by atoms with van der Waals surface area (Å²) in [5.74, 6) is 0.201. The molecular formula is C10H17NO2. The highest BCUT2D eigenvalue weighted by Gasteiger charge is 2.14. The van der Waals surface area contributed by atoms with E-state index in [1.807, 2.05) is 6.92 Å². The molecule has 0 aromatic heterocycles. The third kappa shape index (κ3) is 3.59. The van der Waals surface area contributed by atoms with Gasteiger partial charge in [-0.05, 0) is 26.7 Å². The average Bonchev–Trinajstić information content (AvgIpc) is 2.33. The van der Waals surface area contributed by atoms with E-state index in [0.717, 1.165) is 12.1 Å². The van der Waals surface area contributed by atoms with Crippen LogP contribution in [0.4, 0.5) is 0 Å². The predicted octanol–water partition coefficient (Wildman–Crippen LogP) is 0.982. The lowest BCUT2D eigenvalue weighted by Crippen LogP contribution is -2.28. The Morgan fingerprint density at radius 2 is 2.23 bits per heavy atom. The number of aliphatic hydroxyl groups is 1. The van der Waals surface area contributed by atoms with Crippen LogP contribution in [-0.4, -0.2) is 23.0 Å². The smallest absolute Gasteiger partial charge is 0.157 e. The van der Waals surface area contributed by atoms with E-state index in [4.69, 9.17) is 5.11 Å². The van der Waals surface area contributed by atoms with Gasteiger partial charge in [0.25, 0.3) is 0 Å². The van der Waals surface area contributed by atoms with Gasteiger partial charge in [0, 0.05) is 24.2 Å². The Bertz CT molecular complexity index is 221. The lowest BCUT2D eigenvalue weighted by molar-refractivity contribution is -0.114. The van der Waals surface area contributed by atoms with Crippen LogP contribution in [0.1, 0.15) is 33.1 Å². The maximum Gasteiger partial charge on any atom is 0.157 e. The molecule has 1 rings (SSSR count). The minimum Gasteiger partial charge on any atom is -0.393 e. The molecule has 0 amide bonds. The van der Waals surface area contributed by atoms with Gasteiger partial charge in [0.05, 0.1) is 6.10 Å². The Labute approximate surface area is 78.8 Å². The minimum atomic E-state index is -0.291. The molecule has 1 aliphatic carbocycles. The highest BCUT2D eigenvalue weighted by Crippen LogP contribution is 2.13. The molecule has 2 N–H and O–H groups in total. The second-order valence-electron chi connectivity index (χ2n) is 3.77. The molecule has 3 nitrogen and oxygen atoms in total. The van der Waals surface area contributed by atoms with Crippen molar-refractivity contribution in [2.75, 3.05) is 0 Å². The van der Waals surface area contributed by atoms with Gasteiger partial charge < -0.3 is 10.4 Å². The number of hydrogen-bond donors (Lipinski definition) is 2. The van der Waals surface area contributed by atoms with E-state index < -0.39 is 0 Å². The Hall–Kier alpha value is -0.830. The zero-order chi connectivity index (χ0) is 9.84. The molecule has 74 valence electrons. The van der Waals surface area contributed by atoms with Crippen molar-refractivity contribution in [1.29, 1.82) is 0 Å². The Morgan fingerprint density at radius 3 is 2.69 bits per heavy atom. The van der Waals surface area contributed by atoms with Crippen LogP contribution < -0.4 is 5.32 Å². The van der Waals surface area contributed by atoms with Crippen LogP contribution in [0.3, 0.4) is 0 Å². The maximum absolute atomic E-state index is 10.9. The molecule has 0 fully saturated rings. The summed E-state index contributed by atoms with van der Waals surface area (Å²) in [5, 5.41) is 12.3. The van der Waals surface area contributed by atoms with Crippen molar-refractivity contribution in [3.8, 4) is 0 Å². The van der Waals surface area contributed by atoms with E-state index in [9.17, 15) is 4.79 Å². The average molecular weight is 183 g/mol. The molecule has 0 aromatic carbocycles. The first kappa shape index (κ1) is 10.3. The molecule has 2 unspecified atom stereocenters. The van der Waals surface area contributed by atoms with Gasteiger partial charge in [0.2, 0.25) is 0 Å². The second-order valence-corrected chi connectivity index (χ2v) is 3.77. The number of nitrogens with one attached hydrogen (secondary N) is 1. The van der Waals surface area contributed by atoms with E-state index in [-0.39, 0.29) is 17.9 Å². The number of allylic oxidation sites excluding steroid dienone is 2. The molecule has 0 heterocycles. The maximum atomic E-state index is 10.9. The molecular weight excluding hydrogens is 166 g/mol. The molecule has 2 atom stereocenters. The largest absolute Gasteiger partial charge is 0.393 e. The highest BCUT2D eigenvalue weighted by atomic mass is 16.3. The van der Waals surface area contributed by atoms with Crippen LogP contribution in [0.5, 0.6) is 0 Å². The first-order chi connectivity index (χ1) is 6.08. The van der Waals surface area contributed by atoms with E-state index >= 15 is 0 Å².